The van der Waals surface area contributed by atoms with E-state index in [0.29, 0.717) is 23.9 Å². The molecule has 0 saturated heterocycles. The predicted octanol–water partition coefficient (Wildman–Crippen LogP) is 5.58. The molecule has 0 radical (unpaired) electrons. The summed E-state index contributed by atoms with van der Waals surface area (Å²) in [6, 6.07) is 16.6. The Kier molecular flexibility index (Phi) is 5.44. The number of aryl methyl sites for hydroxylation is 1. The van der Waals surface area contributed by atoms with Crippen molar-refractivity contribution in [2.24, 2.45) is 0 Å². The number of carbonyl (C=O) groups is 1. The molecule has 4 rings (SSSR count). The molecule has 0 atom stereocenters. The van der Waals surface area contributed by atoms with E-state index in [9.17, 15) is 9.18 Å². The molecule has 1 aromatic heterocycles. The number of hydrogen-bond acceptors (Lipinski definition) is 3. The third-order valence-electron chi connectivity index (χ3n) is 4.91. The fraction of sp³-hybridized carbons (Fsp3) is 0.261. The summed E-state index contributed by atoms with van der Waals surface area (Å²) in [6.07, 6.45) is 2.11. The summed E-state index contributed by atoms with van der Waals surface area (Å²) in [7, 11) is 0. The smallest absolute Gasteiger partial charge is 0.264 e. The third kappa shape index (κ3) is 4.25. The number of hydrogen-bond donors (Lipinski definition) is 0. The van der Waals surface area contributed by atoms with Gasteiger partial charge in [-0.2, -0.15) is 0 Å². The Morgan fingerprint density at radius 3 is 2.71 bits per heavy atom. The Bertz CT molecular complexity index is 980. The molecule has 28 heavy (non-hydrogen) atoms. The number of halogens is 1. The summed E-state index contributed by atoms with van der Waals surface area (Å²) in [4.78, 5) is 15.8. The van der Waals surface area contributed by atoms with E-state index in [0.717, 1.165) is 28.8 Å². The first-order chi connectivity index (χ1) is 13.6. The van der Waals surface area contributed by atoms with Gasteiger partial charge in [0, 0.05) is 18.2 Å². The van der Waals surface area contributed by atoms with Gasteiger partial charge in [0.2, 0.25) is 0 Å². The van der Waals surface area contributed by atoms with Gasteiger partial charge in [0.25, 0.3) is 5.91 Å². The van der Waals surface area contributed by atoms with Crippen LogP contribution in [0.2, 0.25) is 0 Å². The maximum absolute atomic E-state index is 13.8. The van der Waals surface area contributed by atoms with Crippen LogP contribution in [0.3, 0.4) is 0 Å². The molecule has 1 aliphatic carbocycles. The minimum atomic E-state index is -0.268. The Morgan fingerprint density at radius 2 is 2.00 bits per heavy atom. The van der Waals surface area contributed by atoms with E-state index in [4.69, 9.17) is 4.74 Å². The van der Waals surface area contributed by atoms with Crippen molar-refractivity contribution in [2.45, 2.75) is 39.0 Å². The lowest BCUT2D eigenvalue weighted by Crippen LogP contribution is -2.32. The third-order valence-corrected chi connectivity index (χ3v) is 5.91. The molecule has 0 N–H and O–H groups in total. The Labute approximate surface area is 168 Å². The second-order valence-corrected chi connectivity index (χ2v) is 8.04. The van der Waals surface area contributed by atoms with Crippen LogP contribution in [-0.2, 0) is 13.2 Å². The summed E-state index contributed by atoms with van der Waals surface area (Å²) in [5.74, 6) is 0.513. The predicted molar refractivity (Wildman–Crippen MR) is 109 cm³/mol. The highest BCUT2D eigenvalue weighted by atomic mass is 32.1. The summed E-state index contributed by atoms with van der Waals surface area (Å²) < 4.78 is 19.6. The molecule has 0 aliphatic heterocycles. The molecule has 5 heteroatoms. The van der Waals surface area contributed by atoms with Crippen molar-refractivity contribution >= 4 is 17.2 Å². The van der Waals surface area contributed by atoms with Gasteiger partial charge in [-0.3, -0.25) is 4.79 Å². The first-order valence-electron chi connectivity index (χ1n) is 9.42. The number of nitrogens with zero attached hydrogens (tertiary/aromatic N) is 1. The van der Waals surface area contributed by atoms with Gasteiger partial charge in [0.05, 0.1) is 4.88 Å². The van der Waals surface area contributed by atoms with Crippen LogP contribution < -0.4 is 4.74 Å². The van der Waals surface area contributed by atoms with Crippen LogP contribution in [0, 0.1) is 12.7 Å². The number of amides is 1. The molecule has 3 nitrogen and oxygen atoms in total. The standard InChI is InChI=1S/C23H22FNO2S/c1-16-11-12-28-22(16)23(26)25(19-9-10-19)14-17-5-4-7-20(13-17)27-15-18-6-2-3-8-21(18)24/h2-8,11-13,19H,9-10,14-15H2,1H3. The molecule has 1 aliphatic rings. The Hall–Kier alpha value is -2.66. The van der Waals surface area contributed by atoms with Crippen molar-refractivity contribution in [3.8, 4) is 5.75 Å². The van der Waals surface area contributed by atoms with Gasteiger partial charge < -0.3 is 9.64 Å². The van der Waals surface area contributed by atoms with Crippen LogP contribution in [0.15, 0.2) is 60.0 Å². The minimum Gasteiger partial charge on any atom is -0.489 e. The van der Waals surface area contributed by atoms with Crippen LogP contribution in [0.25, 0.3) is 0 Å². The normalized spacial score (nSPS) is 13.4. The monoisotopic (exact) mass is 395 g/mol. The van der Waals surface area contributed by atoms with Crippen molar-refractivity contribution in [3.63, 3.8) is 0 Å². The molecule has 1 saturated carbocycles. The zero-order valence-electron chi connectivity index (χ0n) is 15.7. The average Bonchev–Trinajstić information content (AvgIpc) is 3.45. The van der Waals surface area contributed by atoms with E-state index in [2.05, 4.69) is 0 Å². The van der Waals surface area contributed by atoms with E-state index in [-0.39, 0.29) is 18.3 Å². The fourth-order valence-corrected chi connectivity index (χ4v) is 4.06. The van der Waals surface area contributed by atoms with Gasteiger partial charge >= 0.3 is 0 Å². The van der Waals surface area contributed by atoms with Crippen molar-refractivity contribution in [1.29, 1.82) is 0 Å². The first kappa shape index (κ1) is 18.7. The van der Waals surface area contributed by atoms with E-state index in [1.807, 2.05) is 47.5 Å². The molecule has 0 spiro atoms. The van der Waals surface area contributed by atoms with Crippen molar-refractivity contribution < 1.29 is 13.9 Å². The van der Waals surface area contributed by atoms with Crippen molar-refractivity contribution in [1.82, 2.24) is 4.90 Å². The molecule has 2 aromatic carbocycles. The second-order valence-electron chi connectivity index (χ2n) is 7.12. The van der Waals surface area contributed by atoms with Crippen LogP contribution in [0.4, 0.5) is 4.39 Å². The van der Waals surface area contributed by atoms with Crippen LogP contribution in [-0.4, -0.2) is 16.8 Å². The molecule has 1 fully saturated rings. The van der Waals surface area contributed by atoms with Crippen LogP contribution in [0.1, 0.15) is 39.2 Å². The SMILES string of the molecule is Cc1ccsc1C(=O)N(Cc1cccc(OCc2ccccc2F)c1)C1CC1. The maximum Gasteiger partial charge on any atom is 0.264 e. The summed E-state index contributed by atoms with van der Waals surface area (Å²) in [5.41, 5.74) is 2.57. The zero-order valence-corrected chi connectivity index (χ0v) is 16.5. The minimum absolute atomic E-state index is 0.104. The lowest BCUT2D eigenvalue weighted by Gasteiger charge is -2.22. The number of ether oxygens (including phenoxy) is 1. The van der Waals surface area contributed by atoms with Gasteiger partial charge in [0.15, 0.2) is 0 Å². The molecule has 0 unspecified atom stereocenters. The Balaban J connectivity index is 1.46. The largest absolute Gasteiger partial charge is 0.489 e. The lowest BCUT2D eigenvalue weighted by molar-refractivity contribution is 0.0734. The molecule has 0 bridgehead atoms. The quantitative estimate of drug-likeness (QED) is 0.523. The van der Waals surface area contributed by atoms with Crippen LogP contribution >= 0.6 is 11.3 Å². The highest BCUT2D eigenvalue weighted by Crippen LogP contribution is 2.32. The molecular formula is C23H22FNO2S. The Morgan fingerprint density at radius 1 is 1.18 bits per heavy atom. The number of benzene rings is 2. The van der Waals surface area contributed by atoms with E-state index >= 15 is 0 Å². The summed E-state index contributed by atoms with van der Waals surface area (Å²) >= 11 is 1.50. The average molecular weight is 395 g/mol. The highest BCUT2D eigenvalue weighted by molar-refractivity contribution is 7.12. The highest BCUT2D eigenvalue weighted by Gasteiger charge is 2.34. The maximum atomic E-state index is 13.8. The number of rotatable bonds is 7. The zero-order chi connectivity index (χ0) is 19.5. The van der Waals surface area contributed by atoms with Crippen molar-refractivity contribution in [3.05, 3.63) is 87.4 Å². The molecular weight excluding hydrogens is 373 g/mol. The van der Waals surface area contributed by atoms with Crippen LogP contribution in [0.5, 0.6) is 5.75 Å². The van der Waals surface area contributed by atoms with Crippen molar-refractivity contribution in [2.75, 3.05) is 0 Å². The van der Waals surface area contributed by atoms with E-state index in [1.54, 1.807) is 18.2 Å². The lowest BCUT2D eigenvalue weighted by atomic mass is 10.1. The molecule has 3 aromatic rings. The summed E-state index contributed by atoms with van der Waals surface area (Å²) in [5, 5.41) is 1.96. The molecule has 1 amide bonds. The van der Waals surface area contributed by atoms with E-state index in [1.165, 1.54) is 17.4 Å². The number of thiophene rings is 1. The van der Waals surface area contributed by atoms with Gasteiger partial charge in [0.1, 0.15) is 18.2 Å². The molecule has 144 valence electrons. The van der Waals surface area contributed by atoms with Gasteiger partial charge in [-0.05, 0) is 60.5 Å². The summed E-state index contributed by atoms with van der Waals surface area (Å²) in [6.45, 7) is 2.71. The van der Waals surface area contributed by atoms with Gasteiger partial charge in [-0.25, -0.2) is 4.39 Å². The first-order valence-corrected chi connectivity index (χ1v) is 10.3. The fourth-order valence-electron chi connectivity index (χ4n) is 3.18. The number of carbonyl (C=O) groups excluding carboxylic acids is 1. The van der Waals surface area contributed by atoms with Gasteiger partial charge in [-0.15, -0.1) is 11.3 Å². The molecule has 1 heterocycles. The van der Waals surface area contributed by atoms with E-state index < -0.39 is 0 Å². The topological polar surface area (TPSA) is 29.5 Å². The second kappa shape index (κ2) is 8.15. The van der Waals surface area contributed by atoms with Gasteiger partial charge in [-0.1, -0.05) is 30.3 Å².